The van der Waals surface area contributed by atoms with Crippen LogP contribution in [0.1, 0.15) is 50.5 Å². The summed E-state index contributed by atoms with van der Waals surface area (Å²) < 4.78 is 27.6. The number of carbonyl (C=O) groups excluding carboxylic acids is 1. The molecule has 1 aromatic carbocycles. The van der Waals surface area contributed by atoms with E-state index in [0.29, 0.717) is 26.1 Å². The van der Waals surface area contributed by atoms with Crippen molar-refractivity contribution in [1.29, 1.82) is 0 Å². The number of hydrogen-bond donors (Lipinski definition) is 2. The zero-order valence-electron chi connectivity index (χ0n) is 16.3. The van der Waals surface area contributed by atoms with Crippen molar-refractivity contribution in [3.63, 3.8) is 0 Å². The minimum atomic E-state index is -3.50. The predicted octanol–water partition coefficient (Wildman–Crippen LogP) is 2.42. The van der Waals surface area contributed by atoms with E-state index >= 15 is 0 Å². The fourth-order valence-corrected chi connectivity index (χ4v) is 4.53. The number of nitrogens with zero attached hydrogens (tertiary/aromatic N) is 1. The van der Waals surface area contributed by atoms with Crippen molar-refractivity contribution in [2.45, 2.75) is 56.8 Å². The van der Waals surface area contributed by atoms with E-state index in [4.69, 9.17) is 5.73 Å². The molecule has 152 valence electrons. The van der Waals surface area contributed by atoms with Crippen LogP contribution in [0.2, 0.25) is 0 Å². The first-order valence-corrected chi connectivity index (χ1v) is 11.4. The lowest BCUT2D eigenvalue weighted by atomic mass is 9.98. The van der Waals surface area contributed by atoms with Crippen LogP contribution in [-0.4, -0.2) is 45.4 Å². The third-order valence-corrected chi connectivity index (χ3v) is 6.55. The number of rotatable bonds is 10. The third-order valence-electron chi connectivity index (χ3n) is 5.11. The van der Waals surface area contributed by atoms with E-state index in [0.717, 1.165) is 50.6 Å². The molecule has 0 radical (unpaired) electrons. The van der Waals surface area contributed by atoms with Crippen molar-refractivity contribution in [2.24, 2.45) is 11.7 Å². The average molecular weight is 396 g/mol. The molecule has 1 unspecified atom stereocenters. The van der Waals surface area contributed by atoms with E-state index in [2.05, 4.69) is 4.72 Å². The monoisotopic (exact) mass is 395 g/mol. The third kappa shape index (κ3) is 7.24. The van der Waals surface area contributed by atoms with Crippen LogP contribution in [0.15, 0.2) is 29.2 Å². The first-order chi connectivity index (χ1) is 12.9. The minimum absolute atomic E-state index is 0.167. The van der Waals surface area contributed by atoms with Gasteiger partial charge >= 0.3 is 0 Å². The standard InChI is InChI=1S/C20H33N3O3S/c1-17-9-11-19(12-10-17)27(25,26)22-15-18-7-6-14-23(16-18)20(24)8-4-2-3-5-13-21/h9-12,18,22H,2-8,13-16,21H2,1H3. The fourth-order valence-electron chi connectivity index (χ4n) is 3.42. The maximum atomic E-state index is 12.4. The second kappa shape index (κ2) is 10.8. The molecular weight excluding hydrogens is 362 g/mol. The van der Waals surface area contributed by atoms with Gasteiger partial charge in [-0.2, -0.15) is 0 Å². The summed E-state index contributed by atoms with van der Waals surface area (Å²) in [7, 11) is -3.50. The van der Waals surface area contributed by atoms with Crippen LogP contribution in [-0.2, 0) is 14.8 Å². The summed E-state index contributed by atoms with van der Waals surface area (Å²) in [5.74, 6) is 0.356. The Hall–Kier alpha value is -1.44. The molecule has 0 aromatic heterocycles. The van der Waals surface area contributed by atoms with Gasteiger partial charge in [-0.1, -0.05) is 30.5 Å². The number of carbonyl (C=O) groups is 1. The predicted molar refractivity (Wildman–Crippen MR) is 108 cm³/mol. The smallest absolute Gasteiger partial charge is 0.240 e. The second-order valence-corrected chi connectivity index (χ2v) is 9.23. The van der Waals surface area contributed by atoms with Crippen LogP contribution in [0.5, 0.6) is 0 Å². The summed E-state index contributed by atoms with van der Waals surface area (Å²) >= 11 is 0. The molecule has 2 rings (SSSR count). The normalized spacial score (nSPS) is 17.9. The van der Waals surface area contributed by atoms with Gasteiger partial charge < -0.3 is 10.6 Å². The molecule has 1 atom stereocenters. The lowest BCUT2D eigenvalue weighted by Gasteiger charge is -2.33. The molecule has 0 spiro atoms. The van der Waals surface area contributed by atoms with Gasteiger partial charge in [-0.25, -0.2) is 13.1 Å². The van der Waals surface area contributed by atoms with E-state index in [1.165, 1.54) is 0 Å². The molecule has 0 bridgehead atoms. The van der Waals surface area contributed by atoms with Crippen LogP contribution in [0.25, 0.3) is 0 Å². The first kappa shape index (κ1) is 21.9. The average Bonchev–Trinajstić information content (AvgIpc) is 2.67. The second-order valence-electron chi connectivity index (χ2n) is 7.47. The molecule has 3 N–H and O–H groups in total. The first-order valence-electron chi connectivity index (χ1n) is 9.96. The molecule has 0 aliphatic carbocycles. The van der Waals surface area contributed by atoms with Crippen LogP contribution in [0.4, 0.5) is 0 Å². The number of benzene rings is 1. The number of sulfonamides is 1. The topological polar surface area (TPSA) is 92.5 Å². The van der Waals surface area contributed by atoms with Crippen molar-refractivity contribution in [1.82, 2.24) is 9.62 Å². The molecule has 1 aliphatic heterocycles. The summed E-state index contributed by atoms with van der Waals surface area (Å²) in [5.41, 5.74) is 6.51. The molecule has 1 fully saturated rings. The Labute approximate surface area is 163 Å². The summed E-state index contributed by atoms with van der Waals surface area (Å²) in [6, 6.07) is 6.84. The molecule has 1 heterocycles. The number of likely N-dealkylation sites (tertiary alicyclic amines) is 1. The zero-order chi connectivity index (χ0) is 19.7. The minimum Gasteiger partial charge on any atom is -0.342 e. The summed E-state index contributed by atoms with van der Waals surface area (Å²) in [6.07, 6.45) is 6.48. The Morgan fingerprint density at radius 1 is 1.19 bits per heavy atom. The van der Waals surface area contributed by atoms with Gasteiger partial charge in [0.05, 0.1) is 4.90 Å². The van der Waals surface area contributed by atoms with Gasteiger partial charge in [0.2, 0.25) is 15.9 Å². The number of amides is 1. The summed E-state index contributed by atoms with van der Waals surface area (Å²) in [5, 5.41) is 0. The SMILES string of the molecule is Cc1ccc(S(=O)(=O)NCC2CCCN(C(=O)CCCCCCN)C2)cc1. The number of aryl methyl sites for hydroxylation is 1. The van der Waals surface area contributed by atoms with Gasteiger partial charge in [0.1, 0.15) is 0 Å². The van der Waals surface area contributed by atoms with Crippen LogP contribution in [0.3, 0.4) is 0 Å². The van der Waals surface area contributed by atoms with Crippen molar-refractivity contribution in [3.05, 3.63) is 29.8 Å². The van der Waals surface area contributed by atoms with Gasteiger partial charge in [-0.05, 0) is 57.2 Å². The van der Waals surface area contributed by atoms with Crippen LogP contribution in [0, 0.1) is 12.8 Å². The quantitative estimate of drug-likeness (QED) is 0.595. The van der Waals surface area contributed by atoms with Gasteiger partial charge in [-0.3, -0.25) is 4.79 Å². The summed E-state index contributed by atoms with van der Waals surface area (Å²) in [6.45, 7) is 4.42. The van der Waals surface area contributed by atoms with Crippen molar-refractivity contribution in [3.8, 4) is 0 Å². The van der Waals surface area contributed by atoms with Crippen LogP contribution < -0.4 is 10.5 Å². The van der Waals surface area contributed by atoms with Gasteiger partial charge in [0, 0.05) is 26.1 Å². The van der Waals surface area contributed by atoms with Crippen LogP contribution >= 0.6 is 0 Å². The number of piperidine rings is 1. The molecule has 1 aromatic rings. The molecule has 7 heteroatoms. The van der Waals surface area contributed by atoms with E-state index in [-0.39, 0.29) is 16.7 Å². The number of hydrogen-bond acceptors (Lipinski definition) is 4. The van der Waals surface area contributed by atoms with E-state index < -0.39 is 10.0 Å². The molecule has 1 saturated heterocycles. The Morgan fingerprint density at radius 3 is 2.59 bits per heavy atom. The van der Waals surface area contributed by atoms with Crippen molar-refractivity contribution < 1.29 is 13.2 Å². The highest BCUT2D eigenvalue weighted by atomic mass is 32.2. The molecule has 0 saturated carbocycles. The Morgan fingerprint density at radius 2 is 1.89 bits per heavy atom. The van der Waals surface area contributed by atoms with E-state index in [1.54, 1.807) is 24.3 Å². The van der Waals surface area contributed by atoms with Gasteiger partial charge in [0.25, 0.3) is 0 Å². The number of nitrogens with one attached hydrogen (secondary N) is 1. The number of nitrogens with two attached hydrogens (primary N) is 1. The Bertz CT molecular complexity index is 689. The lowest BCUT2D eigenvalue weighted by Crippen LogP contribution is -2.43. The Kier molecular flexibility index (Phi) is 8.73. The molecular formula is C20H33N3O3S. The van der Waals surface area contributed by atoms with Crippen molar-refractivity contribution in [2.75, 3.05) is 26.2 Å². The highest BCUT2D eigenvalue weighted by Crippen LogP contribution is 2.19. The number of unbranched alkanes of at least 4 members (excludes halogenated alkanes) is 3. The highest BCUT2D eigenvalue weighted by molar-refractivity contribution is 7.89. The summed E-state index contributed by atoms with van der Waals surface area (Å²) in [4.78, 5) is 14.6. The van der Waals surface area contributed by atoms with Gasteiger partial charge in [-0.15, -0.1) is 0 Å². The molecule has 1 amide bonds. The van der Waals surface area contributed by atoms with E-state index in [1.807, 2.05) is 11.8 Å². The molecule has 6 nitrogen and oxygen atoms in total. The lowest BCUT2D eigenvalue weighted by molar-refractivity contribution is -0.133. The zero-order valence-corrected chi connectivity index (χ0v) is 17.1. The maximum Gasteiger partial charge on any atom is 0.240 e. The fraction of sp³-hybridized carbons (Fsp3) is 0.650. The van der Waals surface area contributed by atoms with Gasteiger partial charge in [0.15, 0.2) is 0 Å². The molecule has 1 aliphatic rings. The Balaban J connectivity index is 1.78. The van der Waals surface area contributed by atoms with Crippen molar-refractivity contribution >= 4 is 15.9 Å². The largest absolute Gasteiger partial charge is 0.342 e. The highest BCUT2D eigenvalue weighted by Gasteiger charge is 2.25. The van der Waals surface area contributed by atoms with E-state index in [9.17, 15) is 13.2 Å². The molecule has 27 heavy (non-hydrogen) atoms. The maximum absolute atomic E-state index is 12.4.